The van der Waals surface area contributed by atoms with E-state index >= 15 is 0 Å². The minimum Gasteiger partial charge on any atom is -0.462 e. The van der Waals surface area contributed by atoms with Crippen LogP contribution in [0.2, 0.25) is 0 Å². The van der Waals surface area contributed by atoms with Gasteiger partial charge in [-0.05, 0) is 55.4 Å². The van der Waals surface area contributed by atoms with Crippen molar-refractivity contribution in [2.75, 3.05) is 11.5 Å². The Kier molecular flexibility index (Phi) is 6.24. The fourth-order valence-corrected chi connectivity index (χ4v) is 4.90. The van der Waals surface area contributed by atoms with Gasteiger partial charge in [0.15, 0.2) is 0 Å². The molecule has 2 unspecified atom stereocenters. The predicted octanol–water partition coefficient (Wildman–Crippen LogP) is 3.80. The number of benzene rings is 1. The third kappa shape index (κ3) is 3.71. The highest BCUT2D eigenvalue weighted by atomic mass is 16.5. The number of amides is 3. The fourth-order valence-electron chi connectivity index (χ4n) is 4.90. The van der Waals surface area contributed by atoms with Gasteiger partial charge in [-0.2, -0.15) is 0 Å². The zero-order valence-electron chi connectivity index (χ0n) is 20.1. The number of nitrogens with zero attached hydrogens (tertiary/aromatic N) is 2. The summed E-state index contributed by atoms with van der Waals surface area (Å²) in [5.41, 5.74) is 0.411. The summed E-state index contributed by atoms with van der Waals surface area (Å²) < 4.78 is 4.98. The molecule has 3 amide bonds. The summed E-state index contributed by atoms with van der Waals surface area (Å²) in [5, 5.41) is 0. The van der Waals surface area contributed by atoms with Crippen LogP contribution in [0.5, 0.6) is 0 Å². The van der Waals surface area contributed by atoms with Crippen LogP contribution in [0.25, 0.3) is 0 Å². The number of esters is 1. The van der Waals surface area contributed by atoms with E-state index < -0.39 is 17.9 Å². The van der Waals surface area contributed by atoms with Gasteiger partial charge in [0.05, 0.1) is 24.3 Å². The summed E-state index contributed by atoms with van der Waals surface area (Å²) in [5.74, 6) is -1.45. The molecule has 1 aromatic rings. The smallest absolute Gasteiger partial charge is 0.338 e. The van der Waals surface area contributed by atoms with E-state index in [2.05, 4.69) is 27.7 Å². The summed E-state index contributed by atoms with van der Waals surface area (Å²) in [6.07, 6.45) is 0.646. The Hall–Kier alpha value is -2.70. The van der Waals surface area contributed by atoms with E-state index in [4.69, 9.17) is 4.74 Å². The minimum atomic E-state index is -0.818. The van der Waals surface area contributed by atoms with Gasteiger partial charge >= 0.3 is 5.97 Å². The lowest BCUT2D eigenvalue weighted by Crippen LogP contribution is -2.51. The molecule has 7 nitrogen and oxygen atoms in total. The summed E-state index contributed by atoms with van der Waals surface area (Å²) in [7, 11) is 0. The molecule has 0 bridgehead atoms. The molecule has 1 aliphatic heterocycles. The van der Waals surface area contributed by atoms with Gasteiger partial charge in [-0.25, -0.2) is 9.69 Å². The maximum Gasteiger partial charge on any atom is 0.338 e. The van der Waals surface area contributed by atoms with Crippen molar-refractivity contribution in [3.8, 4) is 0 Å². The molecule has 3 rings (SSSR count). The van der Waals surface area contributed by atoms with E-state index in [0.717, 1.165) is 4.90 Å². The van der Waals surface area contributed by atoms with Gasteiger partial charge in [-0.3, -0.25) is 14.4 Å². The van der Waals surface area contributed by atoms with Crippen molar-refractivity contribution in [3.05, 3.63) is 29.8 Å². The highest BCUT2D eigenvalue weighted by Crippen LogP contribution is 2.69. The van der Waals surface area contributed by atoms with Crippen LogP contribution in [0.15, 0.2) is 24.3 Å². The van der Waals surface area contributed by atoms with E-state index in [-0.39, 0.29) is 47.6 Å². The van der Waals surface area contributed by atoms with Gasteiger partial charge in [-0.1, -0.05) is 34.6 Å². The molecule has 2 fully saturated rings. The molecule has 174 valence electrons. The first-order valence-electron chi connectivity index (χ1n) is 11.4. The third-order valence-corrected chi connectivity index (χ3v) is 7.68. The minimum absolute atomic E-state index is 0.0396. The van der Waals surface area contributed by atoms with Gasteiger partial charge in [0.25, 0.3) is 5.91 Å². The standard InChI is InChI=1S/C25H34N2O5/c1-8-15(3)26(22(30)20-24(4,5)25(20,6)7)18-14-19(28)27(21(18)29)17-12-10-16(11-13-17)23(31)32-9-2/h10-13,15,18,20H,8-9,14H2,1-7H3. The van der Waals surface area contributed by atoms with E-state index in [9.17, 15) is 19.2 Å². The average molecular weight is 443 g/mol. The second-order valence-corrected chi connectivity index (χ2v) is 9.93. The molecule has 0 N–H and O–H groups in total. The SMILES string of the molecule is CCOC(=O)c1ccc(N2C(=O)CC(N(C(=O)C3C(C)(C)C3(C)C)C(C)CC)C2=O)cc1. The molecule has 1 saturated heterocycles. The average Bonchev–Trinajstić information content (AvgIpc) is 2.96. The number of ether oxygens (including phenoxy) is 1. The maximum atomic E-state index is 13.6. The van der Waals surface area contributed by atoms with Gasteiger partial charge < -0.3 is 9.64 Å². The van der Waals surface area contributed by atoms with Crippen LogP contribution in [0, 0.1) is 16.7 Å². The normalized spacial score (nSPS) is 22.6. The largest absolute Gasteiger partial charge is 0.462 e. The van der Waals surface area contributed by atoms with Gasteiger partial charge in [-0.15, -0.1) is 0 Å². The third-order valence-electron chi connectivity index (χ3n) is 7.68. The fraction of sp³-hybridized carbons (Fsp3) is 0.600. The highest BCUT2D eigenvalue weighted by molar-refractivity contribution is 6.23. The van der Waals surface area contributed by atoms with Crippen molar-refractivity contribution in [1.82, 2.24) is 4.90 Å². The summed E-state index contributed by atoms with van der Waals surface area (Å²) in [6, 6.07) is 5.21. The number of carbonyl (C=O) groups is 4. The zero-order chi connectivity index (χ0) is 24.0. The number of hydrogen-bond acceptors (Lipinski definition) is 5. The van der Waals surface area contributed by atoms with Crippen molar-refractivity contribution >= 4 is 29.4 Å². The summed E-state index contributed by atoms with van der Waals surface area (Å²) in [6.45, 7) is 14.2. The van der Waals surface area contributed by atoms with Crippen LogP contribution in [-0.2, 0) is 19.1 Å². The molecular formula is C25H34N2O5. The van der Waals surface area contributed by atoms with E-state index in [1.54, 1.807) is 24.0 Å². The van der Waals surface area contributed by atoms with Crippen LogP contribution >= 0.6 is 0 Å². The molecule has 2 aliphatic rings. The highest BCUT2D eigenvalue weighted by Gasteiger charge is 2.69. The molecular weight excluding hydrogens is 408 g/mol. The van der Waals surface area contributed by atoms with Gasteiger partial charge in [0.2, 0.25) is 11.8 Å². The van der Waals surface area contributed by atoms with Crippen molar-refractivity contribution in [2.45, 2.75) is 73.4 Å². The number of hydrogen-bond donors (Lipinski definition) is 0. The Morgan fingerprint density at radius 3 is 2.12 bits per heavy atom. The molecule has 1 saturated carbocycles. The zero-order valence-corrected chi connectivity index (χ0v) is 20.1. The molecule has 1 heterocycles. The monoisotopic (exact) mass is 442 g/mol. The summed E-state index contributed by atoms with van der Waals surface area (Å²) >= 11 is 0. The number of anilines is 1. The second kappa shape index (κ2) is 8.34. The molecule has 0 spiro atoms. The van der Waals surface area contributed by atoms with Crippen molar-refractivity contribution in [3.63, 3.8) is 0 Å². The quantitative estimate of drug-likeness (QED) is 0.474. The van der Waals surface area contributed by atoms with E-state index in [1.165, 1.54) is 12.1 Å². The Labute approximate surface area is 190 Å². The molecule has 2 atom stereocenters. The summed E-state index contributed by atoms with van der Waals surface area (Å²) in [4.78, 5) is 54.5. The van der Waals surface area contributed by atoms with Crippen molar-refractivity contribution < 1.29 is 23.9 Å². The molecule has 32 heavy (non-hydrogen) atoms. The topological polar surface area (TPSA) is 84.0 Å². The predicted molar refractivity (Wildman–Crippen MR) is 121 cm³/mol. The molecule has 7 heteroatoms. The number of rotatable bonds is 7. The van der Waals surface area contributed by atoms with Gasteiger partial charge in [0.1, 0.15) is 6.04 Å². The lowest BCUT2D eigenvalue weighted by Gasteiger charge is -2.33. The van der Waals surface area contributed by atoms with Crippen LogP contribution in [0.3, 0.4) is 0 Å². The van der Waals surface area contributed by atoms with Gasteiger partial charge in [0, 0.05) is 12.0 Å². The number of imide groups is 1. The molecule has 0 aromatic heterocycles. The molecule has 0 radical (unpaired) electrons. The van der Waals surface area contributed by atoms with Crippen LogP contribution < -0.4 is 4.90 Å². The Morgan fingerprint density at radius 2 is 1.66 bits per heavy atom. The van der Waals surface area contributed by atoms with E-state index in [1.807, 2.05) is 13.8 Å². The first-order chi connectivity index (χ1) is 14.9. The second-order valence-electron chi connectivity index (χ2n) is 9.93. The maximum absolute atomic E-state index is 13.6. The molecule has 1 aromatic carbocycles. The van der Waals surface area contributed by atoms with Crippen LogP contribution in [0.1, 0.15) is 71.7 Å². The Balaban J connectivity index is 1.87. The first-order valence-corrected chi connectivity index (χ1v) is 11.4. The van der Waals surface area contributed by atoms with E-state index in [0.29, 0.717) is 17.7 Å². The van der Waals surface area contributed by atoms with Crippen LogP contribution in [0.4, 0.5) is 5.69 Å². The Bertz CT molecular complexity index is 920. The van der Waals surface area contributed by atoms with Crippen molar-refractivity contribution in [1.29, 1.82) is 0 Å². The lowest BCUT2D eigenvalue weighted by molar-refractivity contribution is -0.143. The lowest BCUT2D eigenvalue weighted by atomic mass is 10.0. The number of carbonyl (C=O) groups excluding carboxylic acids is 4. The Morgan fingerprint density at radius 1 is 1.09 bits per heavy atom. The molecule has 1 aliphatic carbocycles. The van der Waals surface area contributed by atoms with Crippen molar-refractivity contribution in [2.24, 2.45) is 16.7 Å². The van der Waals surface area contributed by atoms with Crippen LogP contribution in [-0.4, -0.2) is 47.3 Å². The first kappa shape index (κ1) is 24.0.